The molecule has 0 saturated carbocycles. The molecular formula is C5H10NO2. The van der Waals surface area contributed by atoms with E-state index in [1.807, 2.05) is 0 Å². The maximum Gasteiger partial charge on any atom is 0.221 e. The summed E-state index contributed by atoms with van der Waals surface area (Å²) in [6, 6.07) is 0. The quantitative estimate of drug-likeness (QED) is 0.518. The highest BCUT2D eigenvalue weighted by molar-refractivity contribution is 5.75. The van der Waals surface area contributed by atoms with Crippen LogP contribution in [0.2, 0.25) is 0 Å². The third-order valence-electron chi connectivity index (χ3n) is 0.685. The number of carbonyl (C=O) groups excluding carboxylic acids is 1. The van der Waals surface area contributed by atoms with E-state index in [0.29, 0.717) is 6.42 Å². The van der Waals surface area contributed by atoms with Crippen molar-refractivity contribution in [1.29, 1.82) is 0 Å². The Morgan fingerprint density at radius 2 is 2.25 bits per heavy atom. The zero-order valence-electron chi connectivity index (χ0n) is 5.10. The second-order valence-corrected chi connectivity index (χ2v) is 1.56. The van der Waals surface area contributed by atoms with Gasteiger partial charge in [-0.05, 0) is 6.92 Å². The van der Waals surface area contributed by atoms with E-state index in [4.69, 9.17) is 0 Å². The van der Waals surface area contributed by atoms with Crippen LogP contribution in [0.4, 0.5) is 0 Å². The first-order valence-electron chi connectivity index (χ1n) is 2.62. The molecule has 0 aliphatic heterocycles. The Labute approximate surface area is 48.7 Å². The van der Waals surface area contributed by atoms with Crippen LogP contribution in [0.3, 0.4) is 0 Å². The number of rotatable bonds is 2. The fourth-order valence-corrected chi connectivity index (χ4v) is 0.329. The number of nitrogens with one attached hydrogen (secondary N) is 1. The first-order chi connectivity index (χ1) is 3.66. The molecule has 0 aliphatic rings. The van der Waals surface area contributed by atoms with Gasteiger partial charge in [-0.25, -0.2) is 5.11 Å². The molecule has 0 rings (SSSR count). The maximum absolute atomic E-state index is 10.3. The molecule has 1 unspecified atom stereocenters. The smallest absolute Gasteiger partial charge is 0.221 e. The predicted octanol–water partition coefficient (Wildman–Crippen LogP) is 0.289. The molecule has 0 aromatic carbocycles. The predicted molar refractivity (Wildman–Crippen MR) is 28.6 cm³/mol. The van der Waals surface area contributed by atoms with E-state index < -0.39 is 6.23 Å². The van der Waals surface area contributed by atoms with E-state index in [1.54, 1.807) is 6.92 Å². The van der Waals surface area contributed by atoms with Crippen LogP contribution >= 0.6 is 0 Å². The second-order valence-electron chi connectivity index (χ2n) is 1.56. The summed E-state index contributed by atoms with van der Waals surface area (Å²) in [7, 11) is 0. The second kappa shape index (κ2) is 3.43. The van der Waals surface area contributed by atoms with Crippen LogP contribution in [0.1, 0.15) is 20.3 Å². The van der Waals surface area contributed by atoms with Crippen molar-refractivity contribution in [3.63, 3.8) is 0 Å². The molecular weight excluding hydrogens is 106 g/mol. The molecule has 0 spiro atoms. The standard InChI is InChI=1S/C5H10NO2/c1-3-5(8)6-4(2)7/h4H,3H2,1-2H3,(H,6,8). The van der Waals surface area contributed by atoms with E-state index in [9.17, 15) is 9.90 Å². The Bertz CT molecular complexity index is 80.5. The van der Waals surface area contributed by atoms with Crippen molar-refractivity contribution in [3.8, 4) is 0 Å². The van der Waals surface area contributed by atoms with Gasteiger partial charge in [0.25, 0.3) is 0 Å². The van der Waals surface area contributed by atoms with Gasteiger partial charge in [0.2, 0.25) is 5.91 Å². The lowest BCUT2D eigenvalue weighted by atomic mass is 10.4. The average molecular weight is 116 g/mol. The van der Waals surface area contributed by atoms with Crippen molar-refractivity contribution in [2.45, 2.75) is 26.5 Å². The molecule has 0 aromatic heterocycles. The van der Waals surface area contributed by atoms with Gasteiger partial charge in [0.15, 0.2) is 6.23 Å². The third kappa shape index (κ3) is 3.61. The van der Waals surface area contributed by atoms with Crippen LogP contribution in [0, 0.1) is 0 Å². The monoisotopic (exact) mass is 116 g/mol. The highest BCUT2D eigenvalue weighted by atomic mass is 16.3. The van der Waals surface area contributed by atoms with Crippen LogP contribution < -0.4 is 5.32 Å². The van der Waals surface area contributed by atoms with Crippen LogP contribution in [0.5, 0.6) is 0 Å². The van der Waals surface area contributed by atoms with Crippen molar-refractivity contribution >= 4 is 5.91 Å². The van der Waals surface area contributed by atoms with Crippen LogP contribution in [0.15, 0.2) is 0 Å². The topological polar surface area (TPSA) is 49.0 Å². The molecule has 1 radical (unpaired) electrons. The van der Waals surface area contributed by atoms with Crippen molar-refractivity contribution in [2.75, 3.05) is 0 Å². The van der Waals surface area contributed by atoms with Gasteiger partial charge in [-0.1, -0.05) is 6.92 Å². The summed E-state index contributed by atoms with van der Waals surface area (Å²) >= 11 is 0. The minimum absolute atomic E-state index is 0.187. The van der Waals surface area contributed by atoms with E-state index in [-0.39, 0.29) is 5.91 Å². The third-order valence-corrected chi connectivity index (χ3v) is 0.685. The normalized spacial score (nSPS) is 12.9. The first kappa shape index (κ1) is 7.43. The highest BCUT2D eigenvalue weighted by Gasteiger charge is 1.99. The van der Waals surface area contributed by atoms with E-state index in [2.05, 4.69) is 5.32 Å². The molecule has 47 valence electrons. The zero-order chi connectivity index (χ0) is 6.57. The number of carbonyl (C=O) groups is 1. The van der Waals surface area contributed by atoms with Crippen LogP contribution in [-0.4, -0.2) is 12.1 Å². The molecule has 0 heterocycles. The molecule has 0 fully saturated rings. The Morgan fingerprint density at radius 1 is 1.75 bits per heavy atom. The van der Waals surface area contributed by atoms with Crippen molar-refractivity contribution in [1.82, 2.24) is 5.32 Å². The molecule has 1 amide bonds. The molecule has 8 heavy (non-hydrogen) atoms. The molecule has 0 bridgehead atoms. The summed E-state index contributed by atoms with van der Waals surface area (Å²) in [6.07, 6.45) is -0.588. The molecule has 0 saturated heterocycles. The number of hydrogen-bond acceptors (Lipinski definition) is 1. The minimum Gasteiger partial charge on any atom is -0.328 e. The first-order valence-corrected chi connectivity index (χ1v) is 2.62. The van der Waals surface area contributed by atoms with E-state index >= 15 is 0 Å². The Balaban J connectivity index is 3.25. The summed E-state index contributed by atoms with van der Waals surface area (Å²) in [6.45, 7) is 3.10. The Morgan fingerprint density at radius 3 is 2.38 bits per heavy atom. The van der Waals surface area contributed by atoms with Gasteiger partial charge in [0.1, 0.15) is 0 Å². The molecule has 0 aliphatic carbocycles. The lowest BCUT2D eigenvalue weighted by molar-refractivity contribution is -0.124. The van der Waals surface area contributed by atoms with Crippen LogP contribution in [-0.2, 0) is 9.90 Å². The van der Waals surface area contributed by atoms with Crippen molar-refractivity contribution < 1.29 is 9.90 Å². The van der Waals surface area contributed by atoms with Gasteiger partial charge < -0.3 is 5.32 Å². The largest absolute Gasteiger partial charge is 0.328 e. The molecule has 3 nitrogen and oxygen atoms in total. The minimum atomic E-state index is -0.970. The van der Waals surface area contributed by atoms with Crippen molar-refractivity contribution in [2.24, 2.45) is 0 Å². The molecule has 1 atom stereocenters. The van der Waals surface area contributed by atoms with Crippen molar-refractivity contribution in [3.05, 3.63) is 0 Å². The van der Waals surface area contributed by atoms with Crippen LogP contribution in [0.25, 0.3) is 0 Å². The summed E-state index contributed by atoms with van der Waals surface area (Å²) in [5, 5.41) is 12.4. The molecule has 0 aromatic rings. The fraction of sp³-hybridized carbons (Fsp3) is 0.800. The summed E-state index contributed by atoms with van der Waals surface area (Å²) in [5.41, 5.74) is 0. The Hall–Kier alpha value is -0.570. The van der Waals surface area contributed by atoms with Gasteiger partial charge in [-0.15, -0.1) is 0 Å². The van der Waals surface area contributed by atoms with E-state index in [1.165, 1.54) is 6.92 Å². The summed E-state index contributed by atoms with van der Waals surface area (Å²) < 4.78 is 0. The van der Waals surface area contributed by atoms with Gasteiger partial charge in [0, 0.05) is 6.42 Å². The summed E-state index contributed by atoms with van der Waals surface area (Å²) in [5.74, 6) is -0.187. The van der Waals surface area contributed by atoms with Gasteiger partial charge in [-0.3, -0.25) is 4.79 Å². The van der Waals surface area contributed by atoms with Gasteiger partial charge in [0.05, 0.1) is 0 Å². The lowest BCUT2D eigenvalue weighted by Gasteiger charge is -2.01. The Kier molecular flexibility index (Phi) is 3.19. The zero-order valence-corrected chi connectivity index (χ0v) is 5.10. The SMILES string of the molecule is CCC(=O)NC(C)[O]. The number of hydrogen-bond donors (Lipinski definition) is 1. The molecule has 1 N–H and O–H groups in total. The fourth-order valence-electron chi connectivity index (χ4n) is 0.329. The summed E-state index contributed by atoms with van der Waals surface area (Å²) in [4.78, 5) is 10.3. The van der Waals surface area contributed by atoms with Gasteiger partial charge in [-0.2, -0.15) is 0 Å². The van der Waals surface area contributed by atoms with Gasteiger partial charge >= 0.3 is 0 Å². The average Bonchev–Trinajstić information content (AvgIpc) is 1.65. The molecule has 3 heteroatoms. The lowest BCUT2D eigenvalue weighted by Crippen LogP contribution is -2.30. The number of amides is 1. The van der Waals surface area contributed by atoms with E-state index in [0.717, 1.165) is 0 Å². The maximum atomic E-state index is 10.3. The highest BCUT2D eigenvalue weighted by Crippen LogP contribution is 1.77.